The molecule has 2 aromatic rings. The maximum Gasteiger partial charge on any atom is 0.293 e. The van der Waals surface area contributed by atoms with Gasteiger partial charge in [0.1, 0.15) is 11.4 Å². The molecule has 2 aliphatic carbocycles. The molecule has 7 N–H and O–H groups in total. The molecule has 0 unspecified atom stereocenters. The van der Waals surface area contributed by atoms with Crippen molar-refractivity contribution in [2.75, 3.05) is 5.32 Å². The zero-order chi connectivity index (χ0) is 27.6. The Morgan fingerprint density at radius 2 is 1.97 bits per heavy atom. The summed E-state index contributed by atoms with van der Waals surface area (Å²) in [5, 5.41) is 4.93. The first-order valence-electron chi connectivity index (χ1n) is 11.8. The lowest BCUT2D eigenvalue weighted by molar-refractivity contribution is -0.137. The summed E-state index contributed by atoms with van der Waals surface area (Å²) >= 11 is 0. The van der Waals surface area contributed by atoms with Crippen LogP contribution in [0.25, 0.3) is 0 Å². The fraction of sp³-hybridized carbons (Fsp3) is 0.417. The largest absolute Gasteiger partial charge is 0.399 e. The lowest BCUT2D eigenvalue weighted by Crippen LogP contribution is -2.65. The highest BCUT2D eigenvalue weighted by atomic mass is 19.3. The van der Waals surface area contributed by atoms with Crippen molar-refractivity contribution < 1.29 is 31.9 Å². The third-order valence-corrected chi connectivity index (χ3v) is 7.40. The van der Waals surface area contributed by atoms with Gasteiger partial charge in [0, 0.05) is 42.7 Å². The number of nitrogens with one attached hydrogen (secondary N) is 3. The van der Waals surface area contributed by atoms with Crippen molar-refractivity contribution in [3.8, 4) is 0 Å². The van der Waals surface area contributed by atoms with Crippen LogP contribution in [0.4, 0.5) is 23.2 Å². The van der Waals surface area contributed by atoms with Crippen molar-refractivity contribution in [3.05, 3.63) is 58.4 Å². The third-order valence-electron chi connectivity index (χ3n) is 7.40. The fourth-order valence-electron chi connectivity index (χ4n) is 5.58. The van der Waals surface area contributed by atoms with Crippen LogP contribution in [0.1, 0.15) is 69.5 Å². The quantitative estimate of drug-likeness (QED) is 0.114. The predicted molar refractivity (Wildman–Crippen MR) is 126 cm³/mol. The number of carbonyl (C=O) groups is 3. The molecule has 0 aromatic carbocycles. The van der Waals surface area contributed by atoms with Gasteiger partial charge in [-0.15, -0.1) is 0 Å². The number of rotatable bonds is 8. The van der Waals surface area contributed by atoms with E-state index in [0.29, 0.717) is 12.1 Å². The summed E-state index contributed by atoms with van der Waals surface area (Å²) in [5.74, 6) is -0.450. The molecule has 0 spiro atoms. The second kappa shape index (κ2) is 8.82. The molecule has 5 rings (SSSR count). The van der Waals surface area contributed by atoms with Crippen LogP contribution in [0, 0.1) is 12.8 Å². The number of aromatic nitrogens is 2. The van der Waals surface area contributed by atoms with E-state index in [1.807, 2.05) is 0 Å². The Morgan fingerprint density at radius 3 is 2.61 bits per heavy atom. The Kier molecular flexibility index (Phi) is 5.97. The average Bonchev–Trinajstić information content (AvgIpc) is 3.40. The lowest BCUT2D eigenvalue weighted by atomic mass is 9.71. The van der Waals surface area contributed by atoms with Gasteiger partial charge in [0.25, 0.3) is 29.9 Å². The van der Waals surface area contributed by atoms with Crippen LogP contribution in [0.5, 0.6) is 0 Å². The monoisotopic (exact) mass is 535 g/mol. The van der Waals surface area contributed by atoms with Crippen molar-refractivity contribution in [2.45, 2.75) is 56.5 Å². The van der Waals surface area contributed by atoms with Crippen molar-refractivity contribution in [2.24, 2.45) is 17.5 Å². The molecule has 14 heteroatoms. The molecule has 0 bridgehead atoms. The molecule has 38 heavy (non-hydrogen) atoms. The van der Waals surface area contributed by atoms with Crippen LogP contribution in [0.3, 0.4) is 0 Å². The molecule has 10 nitrogen and oxygen atoms in total. The van der Waals surface area contributed by atoms with E-state index in [0.717, 1.165) is 24.9 Å². The minimum absolute atomic E-state index is 0.0172. The summed E-state index contributed by atoms with van der Waals surface area (Å²) in [7, 11) is 0. The molecule has 3 aliphatic rings. The maximum absolute atomic E-state index is 13.8. The second-order valence-electron chi connectivity index (χ2n) is 10.00. The molecule has 2 fully saturated rings. The Balaban J connectivity index is 1.44. The van der Waals surface area contributed by atoms with Crippen LogP contribution >= 0.6 is 0 Å². The van der Waals surface area contributed by atoms with Gasteiger partial charge in [-0.1, -0.05) is 0 Å². The number of nitrogens with zero attached hydrogens (tertiary/aromatic N) is 2. The maximum atomic E-state index is 13.8. The molecule has 2 saturated carbocycles. The van der Waals surface area contributed by atoms with Crippen LogP contribution < -0.4 is 27.6 Å². The number of hydrogen-bond donors (Lipinski definition) is 5. The van der Waals surface area contributed by atoms with Crippen molar-refractivity contribution in [1.82, 2.24) is 20.3 Å². The number of hydrogen-bond acceptors (Lipinski definition) is 7. The summed E-state index contributed by atoms with van der Waals surface area (Å²) in [6.07, 6.45) is -0.985. The minimum atomic E-state index is -3.08. The van der Waals surface area contributed by atoms with Crippen LogP contribution in [0.2, 0.25) is 0 Å². The smallest absolute Gasteiger partial charge is 0.293 e. The first kappa shape index (κ1) is 25.7. The van der Waals surface area contributed by atoms with Crippen LogP contribution in [0.15, 0.2) is 30.2 Å². The van der Waals surface area contributed by atoms with E-state index in [1.54, 1.807) is 4.57 Å². The highest BCUT2D eigenvalue weighted by Crippen LogP contribution is 2.54. The standard InChI is InChI=1S/C24H25F4N7O3/c1-10-17(19(36)22(38)34-23(16(29)7-32-30)8-24(27,28)9-23)15-5-11-4-14(11)35(15)18(10)21(37)33-12-2-3-31-13(6-12)20(25)26/h2-3,6-7,11,14,20,32H,4-5,8-9,29-30H2,1H3,(H,34,38)(H,31,33,37)/b16-7-/t11-,14-/m1/s1. The molecule has 202 valence electrons. The number of nitrogens with two attached hydrogens (primary N) is 2. The number of fused-ring (bicyclic) bond motifs is 3. The molecule has 2 amide bonds. The Labute approximate surface area is 213 Å². The summed E-state index contributed by atoms with van der Waals surface area (Å²) in [4.78, 5) is 43.3. The highest BCUT2D eigenvalue weighted by Gasteiger charge is 2.59. The van der Waals surface area contributed by atoms with E-state index >= 15 is 0 Å². The number of Topliss-reactive ketones (excluding diaryl/α,β-unsaturated/α-hetero) is 1. The van der Waals surface area contributed by atoms with Crippen molar-refractivity contribution >= 4 is 23.3 Å². The van der Waals surface area contributed by atoms with E-state index in [4.69, 9.17) is 11.6 Å². The first-order chi connectivity index (χ1) is 17.9. The van der Waals surface area contributed by atoms with E-state index in [9.17, 15) is 31.9 Å². The van der Waals surface area contributed by atoms with Gasteiger partial charge < -0.3 is 26.4 Å². The third kappa shape index (κ3) is 4.18. The van der Waals surface area contributed by atoms with Gasteiger partial charge in [0.05, 0.1) is 16.8 Å². The molecule has 1 aliphatic heterocycles. The normalized spacial score (nSPS) is 22.2. The van der Waals surface area contributed by atoms with E-state index in [2.05, 4.69) is 21.0 Å². The fourth-order valence-corrected chi connectivity index (χ4v) is 5.58. The van der Waals surface area contributed by atoms with Gasteiger partial charge in [0.15, 0.2) is 0 Å². The van der Waals surface area contributed by atoms with Gasteiger partial charge in [0.2, 0.25) is 0 Å². The Hall–Kier alpha value is -3.94. The first-order valence-corrected chi connectivity index (χ1v) is 11.8. The Bertz CT molecular complexity index is 1380. The summed E-state index contributed by atoms with van der Waals surface area (Å²) < 4.78 is 55.3. The van der Waals surface area contributed by atoms with E-state index in [-0.39, 0.29) is 40.2 Å². The van der Waals surface area contributed by atoms with Gasteiger partial charge in [-0.3, -0.25) is 25.2 Å². The topological polar surface area (TPSA) is 157 Å². The molecule has 2 aromatic heterocycles. The molecule has 3 heterocycles. The lowest BCUT2D eigenvalue weighted by Gasteiger charge is -2.47. The zero-order valence-corrected chi connectivity index (χ0v) is 20.2. The van der Waals surface area contributed by atoms with E-state index < -0.39 is 54.0 Å². The molecule has 0 saturated heterocycles. The number of anilines is 1. The highest BCUT2D eigenvalue weighted by molar-refractivity contribution is 6.44. The predicted octanol–water partition coefficient (Wildman–Crippen LogP) is 2.23. The summed E-state index contributed by atoms with van der Waals surface area (Å²) in [6, 6.07) is 2.37. The van der Waals surface area contributed by atoms with Crippen LogP contribution in [-0.2, 0) is 11.2 Å². The van der Waals surface area contributed by atoms with Gasteiger partial charge >= 0.3 is 0 Å². The molecular formula is C24H25F4N7O3. The molecule has 0 radical (unpaired) electrons. The summed E-state index contributed by atoms with van der Waals surface area (Å²) in [6.45, 7) is 1.51. The van der Waals surface area contributed by atoms with Gasteiger partial charge in [-0.2, -0.15) is 0 Å². The van der Waals surface area contributed by atoms with Crippen molar-refractivity contribution in [3.63, 3.8) is 0 Å². The van der Waals surface area contributed by atoms with Gasteiger partial charge in [-0.25, -0.2) is 17.6 Å². The van der Waals surface area contributed by atoms with E-state index in [1.165, 1.54) is 13.0 Å². The minimum Gasteiger partial charge on any atom is -0.399 e. The zero-order valence-electron chi connectivity index (χ0n) is 20.2. The SMILES string of the molecule is Cc1c(C(=O)C(=O)NC2(/C(N)=C/NN)CC(F)(F)C2)c2n(c1C(=O)Nc1ccnc(C(F)F)c1)[C@@H]1C[C@@H]1C2. The van der Waals surface area contributed by atoms with Crippen LogP contribution in [-0.4, -0.2) is 38.6 Å². The second-order valence-corrected chi connectivity index (χ2v) is 10.00. The molecular weight excluding hydrogens is 510 g/mol. The number of ketones is 1. The number of carbonyl (C=O) groups excluding carboxylic acids is 3. The number of halogens is 4. The average molecular weight is 536 g/mol. The Morgan fingerprint density at radius 1 is 1.26 bits per heavy atom. The van der Waals surface area contributed by atoms with Gasteiger partial charge in [-0.05, 0) is 43.4 Å². The number of pyridine rings is 1. The number of hydrazine groups is 1. The van der Waals surface area contributed by atoms with Crippen molar-refractivity contribution in [1.29, 1.82) is 0 Å². The molecule has 2 atom stereocenters. The number of alkyl halides is 4. The number of amides is 2. The summed E-state index contributed by atoms with van der Waals surface area (Å²) in [5.41, 5.74) is 6.65.